The van der Waals surface area contributed by atoms with Crippen LogP contribution in [0.3, 0.4) is 0 Å². The van der Waals surface area contributed by atoms with Crippen LogP contribution in [0, 0.1) is 6.92 Å². The molecule has 0 unspecified atom stereocenters. The van der Waals surface area contributed by atoms with E-state index in [0.717, 1.165) is 10.6 Å². The van der Waals surface area contributed by atoms with E-state index in [9.17, 15) is 0 Å². The summed E-state index contributed by atoms with van der Waals surface area (Å²) in [7, 11) is 0. The Morgan fingerprint density at radius 3 is 1.27 bits per heavy atom. The summed E-state index contributed by atoms with van der Waals surface area (Å²) in [6.45, 7) is -1.57. The Balaban J connectivity index is 2.27. The van der Waals surface area contributed by atoms with Gasteiger partial charge in [-0.15, -0.1) is 0 Å². The molecule has 4 aromatic carbocycles. The topological polar surface area (TPSA) is 0 Å². The summed E-state index contributed by atoms with van der Waals surface area (Å²) in [4.78, 5) is 0. The predicted octanol–water partition coefficient (Wildman–Crippen LogP) is 7.26. The van der Waals surface area contributed by atoms with Gasteiger partial charge in [0.1, 0.15) is 6.63 Å². The number of halogens is 2. The standard InChI is InChI=1S/C26H22Cl2P2/c1-21-17-19-22(20-18-21)26(29(27)28)30(23-11-5-2-6-12-23,24-13-7-3-8-14-24)25-15-9-4-10-16-25/h2-20H,1H3. The second-order valence-corrected chi connectivity index (χ2v) is 14.3. The maximum absolute atomic E-state index is 6.87. The number of rotatable bonds is 5. The van der Waals surface area contributed by atoms with Crippen LogP contribution in [0.1, 0.15) is 11.1 Å². The van der Waals surface area contributed by atoms with E-state index in [0.29, 0.717) is 0 Å². The van der Waals surface area contributed by atoms with Crippen LogP contribution in [0.5, 0.6) is 0 Å². The second-order valence-electron chi connectivity index (χ2n) is 7.10. The number of benzene rings is 4. The Labute approximate surface area is 189 Å². The highest BCUT2D eigenvalue weighted by atomic mass is 35.9. The van der Waals surface area contributed by atoms with E-state index in [1.165, 1.54) is 21.5 Å². The molecule has 4 aromatic rings. The van der Waals surface area contributed by atoms with Crippen molar-refractivity contribution in [1.29, 1.82) is 0 Å². The van der Waals surface area contributed by atoms with Crippen molar-refractivity contribution < 1.29 is 0 Å². The Morgan fingerprint density at radius 2 is 0.933 bits per heavy atom. The highest BCUT2D eigenvalue weighted by Crippen LogP contribution is 2.62. The normalized spacial score (nSPS) is 11.5. The van der Waals surface area contributed by atoms with Crippen LogP contribution in [0.2, 0.25) is 0 Å². The molecule has 0 heterocycles. The SMILES string of the molecule is Cc1ccc(C(P(Cl)Cl)=P(c2ccccc2)(c2ccccc2)c2ccccc2)cc1. The van der Waals surface area contributed by atoms with Crippen LogP contribution >= 0.6 is 36.0 Å². The zero-order valence-electron chi connectivity index (χ0n) is 16.6. The van der Waals surface area contributed by atoms with E-state index < -0.39 is 13.5 Å². The summed E-state index contributed by atoms with van der Waals surface area (Å²) in [5.74, 6) is 0. The first-order valence-corrected chi connectivity index (χ1v) is 14.7. The summed E-state index contributed by atoms with van der Waals surface area (Å²) >= 11 is 13.7. The lowest BCUT2D eigenvalue weighted by Gasteiger charge is -2.33. The Morgan fingerprint density at radius 1 is 0.567 bits per heavy atom. The molecule has 0 radical (unpaired) electrons. The molecule has 0 amide bonds. The number of hydrogen-bond acceptors (Lipinski definition) is 0. The van der Waals surface area contributed by atoms with Crippen molar-refractivity contribution in [3.8, 4) is 0 Å². The summed E-state index contributed by atoms with van der Waals surface area (Å²) < 4.78 is 0. The quantitative estimate of drug-likeness (QED) is 0.271. The van der Waals surface area contributed by atoms with Crippen molar-refractivity contribution >= 4 is 56.9 Å². The smallest absolute Gasteiger partial charge is 0.0726 e. The largest absolute Gasteiger partial charge is 0.118 e. The predicted molar refractivity (Wildman–Crippen MR) is 139 cm³/mol. The second kappa shape index (κ2) is 9.55. The van der Waals surface area contributed by atoms with Crippen LogP contribution in [-0.2, 0) is 0 Å². The molecule has 0 saturated heterocycles. The lowest BCUT2D eigenvalue weighted by molar-refractivity contribution is 1.47. The maximum Gasteiger partial charge on any atom is 0.118 e. The first-order chi connectivity index (χ1) is 14.6. The third-order valence-electron chi connectivity index (χ3n) is 5.22. The van der Waals surface area contributed by atoms with E-state index in [-0.39, 0.29) is 0 Å². The lowest BCUT2D eigenvalue weighted by atomic mass is 10.2. The average Bonchev–Trinajstić information content (AvgIpc) is 2.80. The molecule has 30 heavy (non-hydrogen) atoms. The van der Waals surface area contributed by atoms with Gasteiger partial charge in [0.2, 0.25) is 0 Å². The van der Waals surface area contributed by atoms with Crippen LogP contribution in [0.4, 0.5) is 0 Å². The molecule has 0 fully saturated rings. The summed E-state index contributed by atoms with van der Waals surface area (Å²) in [5.41, 5.74) is 2.33. The fraction of sp³-hybridized carbons (Fsp3) is 0.0385. The fourth-order valence-electron chi connectivity index (χ4n) is 3.88. The Kier molecular flexibility index (Phi) is 6.82. The highest BCUT2D eigenvalue weighted by Gasteiger charge is 2.33. The monoisotopic (exact) mass is 466 g/mol. The van der Waals surface area contributed by atoms with Crippen molar-refractivity contribution in [3.05, 3.63) is 126 Å². The summed E-state index contributed by atoms with van der Waals surface area (Å²) in [6, 6.07) is 40.7. The summed E-state index contributed by atoms with van der Waals surface area (Å²) in [5, 5.41) is 4.90. The van der Waals surface area contributed by atoms with Crippen molar-refractivity contribution in [2.24, 2.45) is 0 Å². The highest BCUT2D eigenvalue weighted by molar-refractivity contribution is 8.24. The van der Waals surface area contributed by atoms with Gasteiger partial charge in [-0.05, 0) is 35.3 Å². The first-order valence-electron chi connectivity index (χ1n) is 9.76. The van der Waals surface area contributed by atoms with Gasteiger partial charge < -0.3 is 0 Å². The molecule has 0 spiro atoms. The van der Waals surface area contributed by atoms with Crippen LogP contribution in [0.15, 0.2) is 115 Å². The molecule has 0 N–H and O–H groups in total. The zero-order valence-corrected chi connectivity index (χ0v) is 19.9. The molecule has 0 aromatic heterocycles. The Hall–Kier alpha value is -1.81. The fourth-order valence-corrected chi connectivity index (χ4v) is 12.8. The molecular weight excluding hydrogens is 445 g/mol. The molecular formula is C26H22Cl2P2. The van der Waals surface area contributed by atoms with Crippen LogP contribution < -0.4 is 15.9 Å². The minimum Gasteiger partial charge on any atom is -0.0726 e. The molecule has 4 rings (SSSR count). The molecule has 0 atom stereocenters. The van der Waals surface area contributed by atoms with Gasteiger partial charge in [0, 0.05) is 5.03 Å². The zero-order chi connectivity index (χ0) is 21.0. The average molecular weight is 467 g/mol. The minimum absolute atomic E-state index is 1.11. The maximum atomic E-state index is 6.87. The van der Waals surface area contributed by atoms with Gasteiger partial charge in [-0.25, -0.2) is 0 Å². The molecule has 150 valence electrons. The van der Waals surface area contributed by atoms with Gasteiger partial charge in [0.05, 0.1) is 0 Å². The molecule has 0 aliphatic rings. The lowest BCUT2D eigenvalue weighted by Crippen LogP contribution is -2.29. The first kappa shape index (κ1) is 21.4. The van der Waals surface area contributed by atoms with Gasteiger partial charge >= 0.3 is 0 Å². The molecule has 0 bridgehead atoms. The number of hydrogen-bond donors (Lipinski definition) is 0. The third kappa shape index (κ3) is 4.03. The van der Waals surface area contributed by atoms with Gasteiger partial charge in [0.25, 0.3) is 0 Å². The van der Waals surface area contributed by atoms with E-state index >= 15 is 0 Å². The van der Waals surface area contributed by atoms with E-state index in [4.69, 9.17) is 22.5 Å². The van der Waals surface area contributed by atoms with E-state index in [1.807, 2.05) is 0 Å². The molecule has 0 aliphatic heterocycles. The van der Waals surface area contributed by atoms with Gasteiger partial charge in [-0.1, -0.05) is 143 Å². The van der Waals surface area contributed by atoms with Crippen LogP contribution in [0.25, 0.3) is 0 Å². The van der Waals surface area contributed by atoms with Crippen molar-refractivity contribution in [2.75, 3.05) is 0 Å². The van der Waals surface area contributed by atoms with E-state index in [2.05, 4.69) is 122 Å². The molecule has 0 saturated carbocycles. The van der Waals surface area contributed by atoms with Gasteiger partial charge in [-0.2, -0.15) is 0 Å². The molecule has 4 heteroatoms. The molecule has 0 nitrogen and oxygen atoms in total. The number of aryl methyl sites for hydroxylation is 1. The third-order valence-corrected chi connectivity index (χ3v) is 13.1. The molecule has 0 aliphatic carbocycles. The van der Waals surface area contributed by atoms with Crippen molar-refractivity contribution in [2.45, 2.75) is 6.92 Å². The van der Waals surface area contributed by atoms with Gasteiger partial charge in [0.15, 0.2) is 0 Å². The van der Waals surface area contributed by atoms with Crippen LogP contribution in [-0.4, -0.2) is 5.03 Å². The Bertz CT molecular complexity index is 1050. The van der Waals surface area contributed by atoms with E-state index in [1.54, 1.807) is 0 Å². The van der Waals surface area contributed by atoms with Crippen molar-refractivity contribution in [1.82, 2.24) is 0 Å². The minimum atomic E-state index is -2.27. The van der Waals surface area contributed by atoms with Crippen molar-refractivity contribution in [3.63, 3.8) is 0 Å². The summed E-state index contributed by atoms with van der Waals surface area (Å²) in [6.07, 6.45) is 0. The van der Waals surface area contributed by atoms with Gasteiger partial charge in [-0.3, -0.25) is 0 Å².